The zero-order chi connectivity index (χ0) is 14.2. The maximum Gasteiger partial charge on any atom is 0.132 e. The van der Waals surface area contributed by atoms with Crippen molar-refractivity contribution in [3.05, 3.63) is 53.6 Å². The predicted molar refractivity (Wildman–Crippen MR) is 79.8 cm³/mol. The number of hydrogen-bond acceptors (Lipinski definition) is 4. The molecule has 1 aromatic heterocycles. The molecule has 2 aromatic rings. The second-order valence-electron chi connectivity index (χ2n) is 4.67. The van der Waals surface area contributed by atoms with Gasteiger partial charge in [-0.05, 0) is 19.0 Å². The van der Waals surface area contributed by atoms with Gasteiger partial charge in [-0.15, -0.1) is 0 Å². The zero-order valence-corrected chi connectivity index (χ0v) is 12.1. The van der Waals surface area contributed by atoms with E-state index in [0.29, 0.717) is 6.42 Å². The smallest absolute Gasteiger partial charge is 0.132 e. The normalized spacial score (nSPS) is 10.5. The van der Waals surface area contributed by atoms with Crippen LogP contribution in [0.15, 0.2) is 36.7 Å². The summed E-state index contributed by atoms with van der Waals surface area (Å²) in [7, 11) is 1.68. The number of nitrogens with one attached hydrogen (secondary N) is 1. The summed E-state index contributed by atoms with van der Waals surface area (Å²) in [6.45, 7) is 3.99. The van der Waals surface area contributed by atoms with Crippen LogP contribution in [0.2, 0.25) is 0 Å². The summed E-state index contributed by atoms with van der Waals surface area (Å²) in [6, 6.07) is 7.96. The van der Waals surface area contributed by atoms with Gasteiger partial charge in [-0.25, -0.2) is 9.97 Å². The van der Waals surface area contributed by atoms with Gasteiger partial charge in [-0.3, -0.25) is 0 Å². The number of methoxy groups -OCH3 is 1. The molecule has 0 spiro atoms. The van der Waals surface area contributed by atoms with E-state index >= 15 is 0 Å². The Balaban J connectivity index is 1.99. The van der Waals surface area contributed by atoms with Gasteiger partial charge in [-0.2, -0.15) is 0 Å². The van der Waals surface area contributed by atoms with Crippen LogP contribution in [0.1, 0.15) is 30.3 Å². The summed E-state index contributed by atoms with van der Waals surface area (Å²) in [5.74, 6) is 1.69. The first-order valence-corrected chi connectivity index (χ1v) is 6.96. The summed E-state index contributed by atoms with van der Waals surface area (Å²) in [5, 5.41) is 3.34. The Hall–Kier alpha value is -1.94. The van der Waals surface area contributed by atoms with E-state index in [1.54, 1.807) is 7.11 Å². The largest absolute Gasteiger partial charge is 0.496 e. The number of nitrogens with zero attached hydrogens (tertiary/aromatic N) is 2. The fourth-order valence-corrected chi connectivity index (χ4v) is 1.99. The Morgan fingerprint density at radius 3 is 2.60 bits per heavy atom. The molecule has 4 nitrogen and oxygen atoms in total. The molecule has 0 atom stereocenters. The van der Waals surface area contributed by atoms with Crippen LogP contribution >= 0.6 is 0 Å². The highest BCUT2D eigenvalue weighted by atomic mass is 16.5. The van der Waals surface area contributed by atoms with Gasteiger partial charge < -0.3 is 10.1 Å². The second-order valence-corrected chi connectivity index (χ2v) is 4.67. The van der Waals surface area contributed by atoms with Crippen LogP contribution in [0.5, 0.6) is 5.75 Å². The Morgan fingerprint density at radius 2 is 1.90 bits per heavy atom. The van der Waals surface area contributed by atoms with Gasteiger partial charge in [0.25, 0.3) is 0 Å². The summed E-state index contributed by atoms with van der Waals surface area (Å²) in [4.78, 5) is 8.84. The van der Waals surface area contributed by atoms with Gasteiger partial charge in [-0.1, -0.05) is 25.1 Å². The minimum Gasteiger partial charge on any atom is -0.496 e. The van der Waals surface area contributed by atoms with Crippen molar-refractivity contribution in [3.8, 4) is 5.75 Å². The molecule has 1 N–H and O–H groups in total. The molecule has 4 heteroatoms. The minimum atomic E-state index is 0.687. The van der Waals surface area contributed by atoms with Gasteiger partial charge in [0.1, 0.15) is 11.6 Å². The lowest BCUT2D eigenvalue weighted by Gasteiger charge is -2.07. The number of benzene rings is 1. The van der Waals surface area contributed by atoms with Crippen molar-refractivity contribution >= 4 is 0 Å². The molecular weight excluding hydrogens is 250 g/mol. The van der Waals surface area contributed by atoms with E-state index in [-0.39, 0.29) is 0 Å². The third kappa shape index (κ3) is 4.03. The van der Waals surface area contributed by atoms with Crippen molar-refractivity contribution < 1.29 is 4.74 Å². The van der Waals surface area contributed by atoms with Crippen molar-refractivity contribution in [3.63, 3.8) is 0 Å². The first kappa shape index (κ1) is 14.5. The van der Waals surface area contributed by atoms with Crippen molar-refractivity contribution in [2.75, 3.05) is 13.7 Å². The topological polar surface area (TPSA) is 47.0 Å². The molecule has 0 bridgehead atoms. The van der Waals surface area contributed by atoms with E-state index in [0.717, 1.165) is 42.2 Å². The highest BCUT2D eigenvalue weighted by Crippen LogP contribution is 2.19. The summed E-state index contributed by atoms with van der Waals surface area (Å²) in [6.07, 6.45) is 5.60. The van der Waals surface area contributed by atoms with Gasteiger partial charge in [0.15, 0.2) is 0 Å². The minimum absolute atomic E-state index is 0.687. The molecule has 0 amide bonds. The molecule has 0 saturated heterocycles. The molecule has 20 heavy (non-hydrogen) atoms. The molecule has 0 unspecified atom stereocenters. The molecule has 0 saturated carbocycles. The number of aromatic nitrogens is 2. The van der Waals surface area contributed by atoms with E-state index in [9.17, 15) is 0 Å². The quantitative estimate of drug-likeness (QED) is 0.786. The number of hydrogen-bond donors (Lipinski definition) is 1. The fraction of sp³-hybridized carbons (Fsp3) is 0.375. The molecule has 0 aliphatic carbocycles. The predicted octanol–water partition coefficient (Wildman–Crippen LogP) is 2.58. The van der Waals surface area contributed by atoms with E-state index in [1.165, 1.54) is 0 Å². The highest BCUT2D eigenvalue weighted by molar-refractivity contribution is 5.35. The van der Waals surface area contributed by atoms with Crippen molar-refractivity contribution in [2.24, 2.45) is 0 Å². The summed E-state index contributed by atoms with van der Waals surface area (Å²) in [5.41, 5.74) is 2.22. The SMILES string of the molecule is CCCNCc1cnc(Cc2ccccc2OC)nc1. The molecule has 0 fully saturated rings. The number of ether oxygens (including phenoxy) is 1. The lowest BCUT2D eigenvalue weighted by atomic mass is 10.1. The molecule has 1 aromatic carbocycles. The van der Waals surface area contributed by atoms with Crippen molar-refractivity contribution in [2.45, 2.75) is 26.3 Å². The van der Waals surface area contributed by atoms with Crippen LogP contribution in [-0.4, -0.2) is 23.6 Å². The van der Waals surface area contributed by atoms with E-state index < -0.39 is 0 Å². The van der Waals surface area contributed by atoms with Crippen molar-refractivity contribution in [1.82, 2.24) is 15.3 Å². The van der Waals surface area contributed by atoms with Crippen molar-refractivity contribution in [1.29, 1.82) is 0 Å². The molecule has 0 aliphatic heterocycles. The number of para-hydroxylation sites is 1. The first-order chi connectivity index (χ1) is 9.83. The maximum atomic E-state index is 5.34. The Labute approximate surface area is 120 Å². The molecule has 1 heterocycles. The van der Waals surface area contributed by atoms with Crippen LogP contribution in [0.25, 0.3) is 0 Å². The van der Waals surface area contributed by atoms with E-state index in [2.05, 4.69) is 22.2 Å². The second kappa shape index (κ2) is 7.60. The van der Waals surface area contributed by atoms with E-state index in [1.807, 2.05) is 36.7 Å². The maximum absolute atomic E-state index is 5.34. The van der Waals surface area contributed by atoms with Gasteiger partial charge in [0.2, 0.25) is 0 Å². The third-order valence-corrected chi connectivity index (χ3v) is 3.06. The first-order valence-electron chi connectivity index (χ1n) is 6.96. The molecule has 2 rings (SSSR count). The molecular formula is C16H21N3O. The summed E-state index contributed by atoms with van der Waals surface area (Å²) >= 11 is 0. The van der Waals surface area contributed by atoms with Gasteiger partial charge >= 0.3 is 0 Å². The van der Waals surface area contributed by atoms with Crippen LogP contribution < -0.4 is 10.1 Å². The lowest BCUT2D eigenvalue weighted by Crippen LogP contribution is -2.14. The summed E-state index contributed by atoms with van der Waals surface area (Å²) < 4.78 is 5.34. The van der Waals surface area contributed by atoms with Gasteiger partial charge in [0.05, 0.1) is 7.11 Å². The van der Waals surface area contributed by atoms with Crippen LogP contribution in [0.4, 0.5) is 0 Å². The average Bonchev–Trinajstić information content (AvgIpc) is 2.50. The fourth-order valence-electron chi connectivity index (χ4n) is 1.99. The van der Waals surface area contributed by atoms with Crippen LogP contribution in [0.3, 0.4) is 0 Å². The standard InChI is InChI=1S/C16H21N3O/c1-3-8-17-10-13-11-18-16(19-12-13)9-14-6-4-5-7-15(14)20-2/h4-7,11-12,17H,3,8-10H2,1-2H3. The zero-order valence-electron chi connectivity index (χ0n) is 12.1. The Kier molecular flexibility index (Phi) is 5.50. The monoisotopic (exact) mass is 271 g/mol. The highest BCUT2D eigenvalue weighted by Gasteiger charge is 2.05. The van der Waals surface area contributed by atoms with E-state index in [4.69, 9.17) is 4.74 Å². The molecule has 0 aliphatic rings. The third-order valence-electron chi connectivity index (χ3n) is 3.06. The van der Waals surface area contributed by atoms with Crippen LogP contribution in [0, 0.1) is 0 Å². The Bertz CT molecular complexity index is 526. The number of rotatable bonds is 7. The molecule has 106 valence electrons. The molecule has 0 radical (unpaired) electrons. The van der Waals surface area contributed by atoms with Crippen LogP contribution in [-0.2, 0) is 13.0 Å². The Morgan fingerprint density at radius 1 is 1.15 bits per heavy atom. The van der Waals surface area contributed by atoms with Gasteiger partial charge in [0, 0.05) is 36.5 Å². The average molecular weight is 271 g/mol. The lowest BCUT2D eigenvalue weighted by molar-refractivity contribution is 0.410.